The summed E-state index contributed by atoms with van der Waals surface area (Å²) in [5.74, 6) is 0.772. The molecular formula is C14H19BrN4O. The van der Waals surface area contributed by atoms with Gasteiger partial charge in [0.25, 0.3) is 0 Å². The van der Waals surface area contributed by atoms with E-state index in [1.807, 2.05) is 25.1 Å². The molecule has 1 aliphatic rings. The van der Waals surface area contributed by atoms with Crippen molar-refractivity contribution in [1.82, 2.24) is 10.6 Å². The number of amides is 1. The molecule has 0 saturated heterocycles. The van der Waals surface area contributed by atoms with Crippen molar-refractivity contribution in [1.29, 1.82) is 0 Å². The number of halogens is 1. The summed E-state index contributed by atoms with van der Waals surface area (Å²) in [5, 5.41) is 9.23. The Hall–Kier alpha value is -1.56. The molecule has 1 amide bonds. The molecule has 0 radical (unpaired) electrons. The fraction of sp³-hybridized carbons (Fsp3) is 0.429. The van der Waals surface area contributed by atoms with Crippen LogP contribution in [0.1, 0.15) is 18.9 Å². The van der Waals surface area contributed by atoms with Crippen LogP contribution >= 0.6 is 15.9 Å². The maximum atomic E-state index is 11.9. The van der Waals surface area contributed by atoms with Crippen LogP contribution in [0.25, 0.3) is 0 Å². The molecule has 1 aliphatic heterocycles. The summed E-state index contributed by atoms with van der Waals surface area (Å²) in [7, 11) is 0. The van der Waals surface area contributed by atoms with E-state index in [1.54, 1.807) is 0 Å². The predicted molar refractivity (Wildman–Crippen MR) is 85.0 cm³/mol. The van der Waals surface area contributed by atoms with E-state index in [1.165, 1.54) is 0 Å². The summed E-state index contributed by atoms with van der Waals surface area (Å²) >= 11 is 3.40. The van der Waals surface area contributed by atoms with Gasteiger partial charge in [-0.2, -0.15) is 0 Å². The van der Waals surface area contributed by atoms with E-state index in [-0.39, 0.29) is 5.91 Å². The normalized spacial score (nSPS) is 17.4. The molecule has 1 heterocycles. The van der Waals surface area contributed by atoms with E-state index in [0.717, 1.165) is 28.2 Å². The van der Waals surface area contributed by atoms with E-state index in [9.17, 15) is 4.79 Å². The second-order valence-electron chi connectivity index (χ2n) is 4.92. The summed E-state index contributed by atoms with van der Waals surface area (Å²) in [6.07, 6.45) is 0.404. The van der Waals surface area contributed by atoms with Crippen LogP contribution in [0.15, 0.2) is 27.7 Å². The van der Waals surface area contributed by atoms with Crippen molar-refractivity contribution < 1.29 is 4.79 Å². The van der Waals surface area contributed by atoms with Crippen molar-refractivity contribution >= 4 is 33.5 Å². The lowest BCUT2D eigenvalue weighted by molar-refractivity contribution is -0.116. The Labute approximate surface area is 127 Å². The first-order valence-electron chi connectivity index (χ1n) is 6.65. The number of nitrogens with zero attached hydrogens (tertiary/aromatic N) is 1. The molecule has 0 saturated carbocycles. The Morgan fingerprint density at radius 1 is 1.55 bits per heavy atom. The van der Waals surface area contributed by atoms with Crippen molar-refractivity contribution in [3.8, 4) is 0 Å². The standard InChI is InChI=1S/C14H19BrN4O/c1-9-3-4-11(15)7-12(9)19-13(20)5-6-16-14-17-8-10(2)18-14/h3-4,7,10H,5-6,8H2,1-2H3,(H,19,20)(H2,16,17,18). The number of carbonyl (C=O) groups is 1. The van der Waals surface area contributed by atoms with E-state index in [4.69, 9.17) is 0 Å². The number of hydrogen-bond acceptors (Lipinski definition) is 4. The number of anilines is 1. The van der Waals surface area contributed by atoms with Crippen LogP contribution in [-0.4, -0.2) is 31.0 Å². The zero-order valence-corrected chi connectivity index (χ0v) is 13.3. The quantitative estimate of drug-likeness (QED) is 0.786. The number of benzene rings is 1. The zero-order chi connectivity index (χ0) is 14.5. The maximum absolute atomic E-state index is 11.9. The van der Waals surface area contributed by atoms with Crippen LogP contribution < -0.4 is 16.0 Å². The highest BCUT2D eigenvalue weighted by atomic mass is 79.9. The van der Waals surface area contributed by atoms with Crippen molar-refractivity contribution in [3.05, 3.63) is 28.2 Å². The first-order chi connectivity index (χ1) is 9.54. The Morgan fingerprint density at radius 2 is 2.35 bits per heavy atom. The maximum Gasteiger partial charge on any atom is 0.226 e. The molecule has 3 N–H and O–H groups in total. The molecule has 108 valence electrons. The van der Waals surface area contributed by atoms with Gasteiger partial charge in [-0.25, -0.2) is 0 Å². The minimum Gasteiger partial charge on any atom is -0.356 e. The van der Waals surface area contributed by atoms with Crippen molar-refractivity contribution in [2.45, 2.75) is 26.3 Å². The highest BCUT2D eigenvalue weighted by Gasteiger charge is 2.12. The third-order valence-corrected chi connectivity index (χ3v) is 3.52. The molecule has 5 nitrogen and oxygen atoms in total. The number of carbonyl (C=O) groups excluding carboxylic acids is 1. The second kappa shape index (κ2) is 6.74. The number of rotatable bonds is 4. The largest absolute Gasteiger partial charge is 0.356 e. The van der Waals surface area contributed by atoms with Crippen LogP contribution in [0.2, 0.25) is 0 Å². The van der Waals surface area contributed by atoms with Crippen LogP contribution in [0.5, 0.6) is 0 Å². The molecule has 1 aromatic carbocycles. The number of nitrogens with one attached hydrogen (secondary N) is 3. The van der Waals surface area contributed by atoms with Crippen LogP contribution in [0.4, 0.5) is 5.69 Å². The molecule has 6 heteroatoms. The van der Waals surface area contributed by atoms with Gasteiger partial charge in [0.05, 0.1) is 6.54 Å². The SMILES string of the molecule is Cc1ccc(Br)cc1NC(=O)CCNC1=NCC(C)N1. The summed E-state index contributed by atoms with van der Waals surface area (Å²) in [6, 6.07) is 6.20. The van der Waals surface area contributed by atoms with Gasteiger partial charge in [-0.05, 0) is 31.5 Å². The highest BCUT2D eigenvalue weighted by Crippen LogP contribution is 2.20. The molecule has 1 unspecified atom stereocenters. The third kappa shape index (κ3) is 4.23. The highest BCUT2D eigenvalue weighted by molar-refractivity contribution is 9.10. The van der Waals surface area contributed by atoms with Gasteiger partial charge in [-0.15, -0.1) is 0 Å². The molecule has 1 aromatic rings. The van der Waals surface area contributed by atoms with E-state index in [2.05, 4.69) is 43.8 Å². The van der Waals surface area contributed by atoms with Crippen LogP contribution in [0, 0.1) is 6.92 Å². The van der Waals surface area contributed by atoms with Crippen molar-refractivity contribution in [3.63, 3.8) is 0 Å². The number of aryl methyl sites for hydroxylation is 1. The number of aliphatic imine (C=N–C) groups is 1. The lowest BCUT2D eigenvalue weighted by atomic mass is 10.2. The Morgan fingerprint density at radius 3 is 3.05 bits per heavy atom. The Bertz CT molecular complexity index is 530. The number of guanidine groups is 1. The van der Waals surface area contributed by atoms with Gasteiger partial charge < -0.3 is 16.0 Å². The minimum absolute atomic E-state index is 0.00894. The van der Waals surface area contributed by atoms with Gasteiger partial charge in [-0.1, -0.05) is 22.0 Å². The summed E-state index contributed by atoms with van der Waals surface area (Å²) in [5.41, 5.74) is 1.89. The monoisotopic (exact) mass is 338 g/mol. The van der Waals surface area contributed by atoms with Gasteiger partial charge in [0.2, 0.25) is 5.91 Å². The summed E-state index contributed by atoms with van der Waals surface area (Å²) in [6.45, 7) is 5.39. The minimum atomic E-state index is -0.00894. The van der Waals surface area contributed by atoms with E-state index < -0.39 is 0 Å². The molecule has 2 rings (SSSR count). The molecule has 0 spiro atoms. The number of hydrogen-bond donors (Lipinski definition) is 3. The van der Waals surface area contributed by atoms with E-state index in [0.29, 0.717) is 19.0 Å². The van der Waals surface area contributed by atoms with Crippen LogP contribution in [0.3, 0.4) is 0 Å². The Balaban J connectivity index is 1.77. The third-order valence-electron chi connectivity index (χ3n) is 3.02. The first-order valence-corrected chi connectivity index (χ1v) is 7.45. The fourth-order valence-electron chi connectivity index (χ4n) is 1.90. The Kier molecular flexibility index (Phi) is 5.00. The summed E-state index contributed by atoms with van der Waals surface area (Å²) in [4.78, 5) is 16.2. The first kappa shape index (κ1) is 14.8. The van der Waals surface area contributed by atoms with Crippen LogP contribution in [-0.2, 0) is 4.79 Å². The average molecular weight is 339 g/mol. The summed E-state index contributed by atoms with van der Waals surface area (Å²) < 4.78 is 0.954. The van der Waals surface area contributed by atoms with Gasteiger partial charge in [0.15, 0.2) is 5.96 Å². The van der Waals surface area contributed by atoms with Gasteiger partial charge in [-0.3, -0.25) is 9.79 Å². The lowest BCUT2D eigenvalue weighted by Crippen LogP contribution is -2.38. The van der Waals surface area contributed by atoms with Crippen molar-refractivity contribution in [2.75, 3.05) is 18.4 Å². The topological polar surface area (TPSA) is 65.5 Å². The molecule has 0 aromatic heterocycles. The molecular weight excluding hydrogens is 320 g/mol. The smallest absolute Gasteiger partial charge is 0.226 e. The van der Waals surface area contributed by atoms with Crippen molar-refractivity contribution in [2.24, 2.45) is 4.99 Å². The zero-order valence-electron chi connectivity index (χ0n) is 11.7. The molecule has 0 aliphatic carbocycles. The lowest BCUT2D eigenvalue weighted by Gasteiger charge is -2.10. The fourth-order valence-corrected chi connectivity index (χ4v) is 2.26. The molecule has 0 bridgehead atoms. The molecule has 20 heavy (non-hydrogen) atoms. The molecule has 0 fully saturated rings. The van der Waals surface area contributed by atoms with Gasteiger partial charge >= 0.3 is 0 Å². The van der Waals surface area contributed by atoms with E-state index >= 15 is 0 Å². The predicted octanol–water partition coefficient (Wildman–Crippen LogP) is 2.02. The van der Waals surface area contributed by atoms with Gasteiger partial charge in [0, 0.05) is 29.2 Å². The van der Waals surface area contributed by atoms with Gasteiger partial charge in [0.1, 0.15) is 0 Å². The average Bonchev–Trinajstić information content (AvgIpc) is 2.80. The second-order valence-corrected chi connectivity index (χ2v) is 5.83. The molecule has 1 atom stereocenters.